The summed E-state index contributed by atoms with van der Waals surface area (Å²) in [6.45, 7) is 1.89. The van der Waals surface area contributed by atoms with E-state index >= 15 is 0 Å². The van der Waals surface area contributed by atoms with Crippen LogP contribution in [0.3, 0.4) is 0 Å². The third kappa shape index (κ3) is 2.80. The summed E-state index contributed by atoms with van der Waals surface area (Å²) in [4.78, 5) is 0. The van der Waals surface area contributed by atoms with Crippen molar-refractivity contribution in [3.05, 3.63) is 28.5 Å². The zero-order valence-electron chi connectivity index (χ0n) is 8.51. The lowest BCUT2D eigenvalue weighted by molar-refractivity contribution is 0.116. The summed E-state index contributed by atoms with van der Waals surface area (Å²) in [6.07, 6.45) is -2.77. The zero-order chi connectivity index (χ0) is 12.3. The molecule has 1 aromatic carbocycles. The van der Waals surface area contributed by atoms with Crippen LogP contribution in [-0.2, 0) is 0 Å². The molecule has 1 rings (SSSR count). The topological polar surface area (TPSA) is 35.2 Å². The summed E-state index contributed by atoms with van der Waals surface area (Å²) < 4.78 is 42.9. The molecule has 0 saturated carbocycles. The minimum Gasteiger partial charge on any atom is -0.489 e. The highest BCUT2D eigenvalue weighted by Crippen LogP contribution is 2.32. The van der Waals surface area contributed by atoms with E-state index in [1.165, 1.54) is 6.07 Å². The lowest BCUT2D eigenvalue weighted by atomic mass is 10.1. The lowest BCUT2D eigenvalue weighted by Crippen LogP contribution is -2.19. The number of ether oxygens (including phenoxy) is 1. The van der Waals surface area contributed by atoms with Crippen LogP contribution in [0.1, 0.15) is 18.5 Å². The fourth-order valence-electron chi connectivity index (χ4n) is 1.20. The van der Waals surface area contributed by atoms with Crippen molar-refractivity contribution >= 4 is 11.6 Å². The van der Waals surface area contributed by atoms with Crippen molar-refractivity contribution in [1.82, 2.24) is 0 Å². The Morgan fingerprint density at radius 3 is 2.50 bits per heavy atom. The SMILES string of the molecule is CCOc1c(F)cc([C@H](N)C(F)F)cc1Cl. The molecule has 2 nitrogen and oxygen atoms in total. The normalized spacial score (nSPS) is 12.9. The molecule has 0 heterocycles. The van der Waals surface area contributed by atoms with Crippen molar-refractivity contribution in [2.45, 2.75) is 19.4 Å². The third-order valence-electron chi connectivity index (χ3n) is 1.97. The summed E-state index contributed by atoms with van der Waals surface area (Å²) in [6, 6.07) is 0.544. The number of hydrogen-bond acceptors (Lipinski definition) is 2. The molecule has 90 valence electrons. The van der Waals surface area contributed by atoms with E-state index in [1.807, 2.05) is 0 Å². The molecule has 0 aliphatic rings. The molecule has 0 unspecified atom stereocenters. The second-order valence-electron chi connectivity index (χ2n) is 3.11. The Labute approximate surface area is 96.1 Å². The van der Waals surface area contributed by atoms with Gasteiger partial charge in [-0.2, -0.15) is 0 Å². The van der Waals surface area contributed by atoms with Gasteiger partial charge in [-0.3, -0.25) is 0 Å². The Hall–Kier alpha value is -0.940. The maximum Gasteiger partial charge on any atom is 0.257 e. The summed E-state index contributed by atoms with van der Waals surface area (Å²) in [7, 11) is 0. The third-order valence-corrected chi connectivity index (χ3v) is 2.25. The molecule has 0 aliphatic heterocycles. The molecule has 0 fully saturated rings. The summed E-state index contributed by atoms with van der Waals surface area (Å²) >= 11 is 5.70. The molecule has 1 aromatic rings. The Balaban J connectivity index is 3.09. The summed E-state index contributed by atoms with van der Waals surface area (Å²) in [5, 5.41) is -0.0621. The molecule has 16 heavy (non-hydrogen) atoms. The van der Waals surface area contributed by atoms with E-state index in [1.54, 1.807) is 6.92 Å². The van der Waals surface area contributed by atoms with Crippen molar-refractivity contribution in [1.29, 1.82) is 0 Å². The maximum atomic E-state index is 13.4. The van der Waals surface area contributed by atoms with Crippen LogP contribution in [0.25, 0.3) is 0 Å². The minimum absolute atomic E-state index is 0.0547. The number of benzene rings is 1. The van der Waals surface area contributed by atoms with Gasteiger partial charge in [0.25, 0.3) is 6.43 Å². The second-order valence-corrected chi connectivity index (χ2v) is 3.51. The van der Waals surface area contributed by atoms with Gasteiger partial charge in [0, 0.05) is 0 Å². The molecular formula is C10H11ClF3NO. The number of hydrogen-bond donors (Lipinski definition) is 1. The Kier molecular flexibility index (Phi) is 4.44. The summed E-state index contributed by atoms with van der Waals surface area (Å²) in [5.74, 6) is -0.935. The predicted molar refractivity (Wildman–Crippen MR) is 55.5 cm³/mol. The first-order chi connectivity index (χ1) is 7.47. The Morgan fingerprint density at radius 2 is 2.06 bits per heavy atom. The van der Waals surface area contributed by atoms with E-state index in [9.17, 15) is 13.2 Å². The van der Waals surface area contributed by atoms with Gasteiger partial charge < -0.3 is 10.5 Å². The first kappa shape index (κ1) is 13.1. The smallest absolute Gasteiger partial charge is 0.257 e. The van der Waals surface area contributed by atoms with Gasteiger partial charge in [0.05, 0.1) is 17.7 Å². The molecule has 0 amide bonds. The van der Waals surface area contributed by atoms with Gasteiger partial charge in [-0.15, -0.1) is 0 Å². The van der Waals surface area contributed by atoms with Crippen molar-refractivity contribution in [3.8, 4) is 5.75 Å². The molecule has 2 N–H and O–H groups in total. The van der Waals surface area contributed by atoms with E-state index in [4.69, 9.17) is 22.1 Å². The largest absolute Gasteiger partial charge is 0.489 e. The predicted octanol–water partition coefficient (Wildman–Crippen LogP) is 3.14. The van der Waals surface area contributed by atoms with Gasteiger partial charge in [-0.05, 0) is 24.6 Å². The first-order valence-corrected chi connectivity index (χ1v) is 5.00. The van der Waals surface area contributed by atoms with E-state index in [0.29, 0.717) is 0 Å². The molecule has 0 aliphatic carbocycles. The molecule has 0 radical (unpaired) electrons. The van der Waals surface area contributed by atoms with E-state index in [2.05, 4.69) is 0 Å². The fourth-order valence-corrected chi connectivity index (χ4v) is 1.47. The lowest BCUT2D eigenvalue weighted by Gasteiger charge is -2.13. The van der Waals surface area contributed by atoms with Gasteiger partial charge >= 0.3 is 0 Å². The van der Waals surface area contributed by atoms with Crippen LogP contribution in [0.15, 0.2) is 12.1 Å². The highest BCUT2D eigenvalue weighted by molar-refractivity contribution is 6.32. The average Bonchev–Trinajstić information content (AvgIpc) is 2.21. The van der Waals surface area contributed by atoms with Crippen LogP contribution in [0.5, 0.6) is 5.75 Å². The number of nitrogens with two attached hydrogens (primary N) is 1. The van der Waals surface area contributed by atoms with Gasteiger partial charge in [-0.1, -0.05) is 11.6 Å². The molecule has 6 heteroatoms. The minimum atomic E-state index is -2.77. The Bertz CT molecular complexity index is 350. The van der Waals surface area contributed by atoms with Crippen LogP contribution in [0.2, 0.25) is 5.02 Å². The van der Waals surface area contributed by atoms with Crippen LogP contribution in [0.4, 0.5) is 13.2 Å². The van der Waals surface area contributed by atoms with E-state index in [0.717, 1.165) is 6.07 Å². The molecular weight excluding hydrogens is 243 g/mol. The molecule has 1 atom stereocenters. The van der Waals surface area contributed by atoms with Crippen LogP contribution < -0.4 is 10.5 Å². The van der Waals surface area contributed by atoms with Gasteiger partial charge in [0.15, 0.2) is 11.6 Å². The highest BCUT2D eigenvalue weighted by atomic mass is 35.5. The van der Waals surface area contributed by atoms with Crippen LogP contribution in [0, 0.1) is 5.82 Å². The highest BCUT2D eigenvalue weighted by Gasteiger charge is 2.21. The van der Waals surface area contributed by atoms with E-state index < -0.39 is 18.3 Å². The number of rotatable bonds is 4. The fraction of sp³-hybridized carbons (Fsp3) is 0.400. The van der Waals surface area contributed by atoms with Crippen molar-refractivity contribution in [3.63, 3.8) is 0 Å². The number of halogens is 4. The van der Waals surface area contributed by atoms with E-state index in [-0.39, 0.29) is 22.9 Å². The zero-order valence-corrected chi connectivity index (χ0v) is 9.27. The molecule has 0 bridgehead atoms. The van der Waals surface area contributed by atoms with Crippen molar-refractivity contribution in [2.75, 3.05) is 6.61 Å². The monoisotopic (exact) mass is 253 g/mol. The second kappa shape index (κ2) is 5.41. The summed E-state index contributed by atoms with van der Waals surface area (Å²) in [5.41, 5.74) is 5.13. The molecule has 0 saturated heterocycles. The maximum absolute atomic E-state index is 13.4. The van der Waals surface area contributed by atoms with Gasteiger partial charge in [-0.25, -0.2) is 13.2 Å². The van der Waals surface area contributed by atoms with Crippen molar-refractivity contribution < 1.29 is 17.9 Å². The standard InChI is InChI=1S/C10H11ClF3NO/c1-2-16-9-6(11)3-5(4-7(9)12)8(15)10(13)14/h3-4,8,10H,2,15H2,1H3/t8-/m0/s1. The molecule has 0 spiro atoms. The number of alkyl halides is 2. The first-order valence-electron chi connectivity index (χ1n) is 4.62. The Morgan fingerprint density at radius 1 is 1.44 bits per heavy atom. The van der Waals surface area contributed by atoms with Crippen molar-refractivity contribution in [2.24, 2.45) is 5.73 Å². The quantitative estimate of drug-likeness (QED) is 0.895. The molecule has 0 aromatic heterocycles. The van der Waals surface area contributed by atoms with Crippen LogP contribution in [-0.4, -0.2) is 13.0 Å². The van der Waals surface area contributed by atoms with Gasteiger partial charge in [0.1, 0.15) is 0 Å². The van der Waals surface area contributed by atoms with Crippen LogP contribution >= 0.6 is 11.6 Å². The average molecular weight is 254 g/mol. The van der Waals surface area contributed by atoms with Gasteiger partial charge in [0.2, 0.25) is 0 Å².